The first kappa shape index (κ1) is 27.2. The molecular weight excluding hydrogens is 577 g/mol. The van der Waals surface area contributed by atoms with Crippen molar-refractivity contribution < 1.29 is 0 Å². The molecule has 224 valence electrons. The van der Waals surface area contributed by atoms with E-state index < -0.39 is 0 Å². The van der Waals surface area contributed by atoms with Gasteiger partial charge >= 0.3 is 0 Å². The van der Waals surface area contributed by atoms with Crippen molar-refractivity contribution in [2.75, 3.05) is 0 Å². The Hall–Kier alpha value is -5.98. The number of hydrogen-bond donors (Lipinski definition) is 0. The molecule has 0 atom stereocenters. The fourth-order valence-electron chi connectivity index (χ4n) is 8.35. The largest absolute Gasteiger partial charge is 0.0757 e. The Morgan fingerprint density at radius 3 is 1.44 bits per heavy atom. The summed E-state index contributed by atoms with van der Waals surface area (Å²) in [4.78, 5) is 0. The van der Waals surface area contributed by atoms with Crippen LogP contribution >= 0.6 is 0 Å². The van der Waals surface area contributed by atoms with E-state index in [1.807, 2.05) is 0 Å². The molecular formula is C48H32. The van der Waals surface area contributed by atoms with Crippen LogP contribution in [0, 0.1) is 0 Å². The van der Waals surface area contributed by atoms with Crippen LogP contribution in [-0.2, 0) is 0 Å². The minimum absolute atomic E-state index is 1.07. The van der Waals surface area contributed by atoms with Gasteiger partial charge in [0, 0.05) is 0 Å². The molecule has 0 saturated carbocycles. The number of fused-ring (bicyclic) bond motifs is 7. The SMILES string of the molecule is C1=c2c(-c3cccc4ccccc34)cc3ccc(-c4c5ccccc5c(-c5cccc6ccccc56)c5ccccc45)cc3c2=CCC1. The molecule has 0 aromatic heterocycles. The highest BCUT2D eigenvalue weighted by Crippen LogP contribution is 2.45. The summed E-state index contributed by atoms with van der Waals surface area (Å²) in [6.07, 6.45) is 7.07. The molecule has 0 amide bonds. The maximum atomic E-state index is 2.47. The molecule has 0 bridgehead atoms. The number of rotatable bonds is 3. The number of benzene rings is 9. The molecule has 0 heteroatoms. The normalized spacial score (nSPS) is 12.8. The monoisotopic (exact) mass is 608 g/mol. The second kappa shape index (κ2) is 10.8. The van der Waals surface area contributed by atoms with Crippen LogP contribution in [0.25, 0.3) is 99.4 Å². The molecule has 1 aliphatic carbocycles. The van der Waals surface area contributed by atoms with Crippen molar-refractivity contribution in [1.29, 1.82) is 0 Å². The van der Waals surface area contributed by atoms with Crippen LogP contribution in [0.1, 0.15) is 12.8 Å². The lowest BCUT2D eigenvalue weighted by atomic mass is 9.84. The van der Waals surface area contributed by atoms with Gasteiger partial charge in [0.05, 0.1) is 0 Å². The molecule has 0 unspecified atom stereocenters. The summed E-state index contributed by atoms with van der Waals surface area (Å²) < 4.78 is 0. The van der Waals surface area contributed by atoms with Crippen LogP contribution in [0.3, 0.4) is 0 Å². The molecule has 1 aliphatic rings. The third kappa shape index (κ3) is 4.09. The third-order valence-corrected chi connectivity index (χ3v) is 10.4. The number of hydrogen-bond acceptors (Lipinski definition) is 0. The van der Waals surface area contributed by atoms with Crippen molar-refractivity contribution in [2.45, 2.75) is 12.8 Å². The van der Waals surface area contributed by atoms with E-state index in [4.69, 9.17) is 0 Å². The second-order valence-electron chi connectivity index (χ2n) is 13.1. The van der Waals surface area contributed by atoms with E-state index in [9.17, 15) is 0 Å². The van der Waals surface area contributed by atoms with Crippen molar-refractivity contribution in [2.24, 2.45) is 0 Å². The van der Waals surface area contributed by atoms with E-state index in [1.54, 1.807) is 0 Å². The van der Waals surface area contributed by atoms with E-state index in [-0.39, 0.29) is 0 Å². The summed E-state index contributed by atoms with van der Waals surface area (Å²) >= 11 is 0. The van der Waals surface area contributed by atoms with Gasteiger partial charge in [0.25, 0.3) is 0 Å². The van der Waals surface area contributed by atoms with Gasteiger partial charge in [-0.15, -0.1) is 0 Å². The Balaban J connectivity index is 1.27. The molecule has 9 aromatic carbocycles. The molecule has 0 radical (unpaired) electrons. The van der Waals surface area contributed by atoms with Gasteiger partial charge in [-0.25, -0.2) is 0 Å². The van der Waals surface area contributed by atoms with Gasteiger partial charge < -0.3 is 0 Å². The third-order valence-electron chi connectivity index (χ3n) is 10.4. The van der Waals surface area contributed by atoms with Crippen LogP contribution in [0.4, 0.5) is 0 Å². The Bertz CT molecular complexity index is 2820. The van der Waals surface area contributed by atoms with Crippen LogP contribution in [0.2, 0.25) is 0 Å². The van der Waals surface area contributed by atoms with Gasteiger partial charge in [0.1, 0.15) is 0 Å². The molecule has 0 N–H and O–H groups in total. The maximum absolute atomic E-state index is 2.47. The standard InChI is InChI=1S/C48H32/c1-3-17-35-31(13-1)15-11-25-37(35)46-29-33-27-28-34(30-45(33)38-19-5-6-20-39(38)46)47-41-21-7-9-23-43(41)48(44-24-10-8-22-42(44)47)40-26-12-16-32-14-2-4-18-36(32)40/h1-4,7-30H,5-6H2. The van der Waals surface area contributed by atoms with Gasteiger partial charge in [-0.1, -0.05) is 158 Å². The summed E-state index contributed by atoms with van der Waals surface area (Å²) in [7, 11) is 0. The molecule has 0 aliphatic heterocycles. The molecule has 0 fully saturated rings. The van der Waals surface area contributed by atoms with Crippen molar-refractivity contribution in [3.05, 3.63) is 168 Å². The Morgan fingerprint density at radius 1 is 0.292 bits per heavy atom. The average molecular weight is 609 g/mol. The first-order chi connectivity index (χ1) is 23.8. The minimum Gasteiger partial charge on any atom is -0.0757 e. The summed E-state index contributed by atoms with van der Waals surface area (Å²) in [5.74, 6) is 0. The maximum Gasteiger partial charge on any atom is -0.00201 e. The molecule has 0 heterocycles. The van der Waals surface area contributed by atoms with Gasteiger partial charge in [-0.3, -0.25) is 0 Å². The van der Waals surface area contributed by atoms with E-state index in [0.29, 0.717) is 0 Å². The smallest absolute Gasteiger partial charge is 0.00201 e. The van der Waals surface area contributed by atoms with E-state index in [0.717, 1.165) is 12.8 Å². The molecule has 9 aromatic rings. The van der Waals surface area contributed by atoms with Crippen LogP contribution in [0.15, 0.2) is 158 Å². The molecule has 0 spiro atoms. The summed E-state index contributed by atoms with van der Waals surface area (Å²) in [6.45, 7) is 0. The summed E-state index contributed by atoms with van der Waals surface area (Å²) in [5.41, 5.74) is 7.79. The highest BCUT2D eigenvalue weighted by atomic mass is 14.2. The van der Waals surface area contributed by atoms with E-state index in [2.05, 4.69) is 170 Å². The van der Waals surface area contributed by atoms with Crippen molar-refractivity contribution in [3.8, 4) is 33.4 Å². The fourth-order valence-corrected chi connectivity index (χ4v) is 8.35. The quantitative estimate of drug-likeness (QED) is 0.175. The van der Waals surface area contributed by atoms with Crippen molar-refractivity contribution in [3.63, 3.8) is 0 Å². The highest BCUT2D eigenvalue weighted by Gasteiger charge is 2.19. The predicted octanol–water partition coefficient (Wildman–Crippen LogP) is 11.8. The van der Waals surface area contributed by atoms with Gasteiger partial charge in [0.2, 0.25) is 0 Å². The molecule has 10 rings (SSSR count). The Kier molecular flexibility index (Phi) is 6.11. The zero-order chi connectivity index (χ0) is 31.6. The molecule has 0 nitrogen and oxygen atoms in total. The first-order valence-electron chi connectivity index (χ1n) is 17.0. The van der Waals surface area contributed by atoms with Crippen LogP contribution in [0.5, 0.6) is 0 Å². The zero-order valence-corrected chi connectivity index (χ0v) is 26.6. The summed E-state index contributed by atoms with van der Waals surface area (Å²) in [6, 6.07) is 58.5. The highest BCUT2D eigenvalue weighted by molar-refractivity contribution is 6.23. The van der Waals surface area contributed by atoms with Crippen molar-refractivity contribution in [1.82, 2.24) is 0 Å². The van der Waals surface area contributed by atoms with Crippen molar-refractivity contribution >= 4 is 66.0 Å². The van der Waals surface area contributed by atoms with Gasteiger partial charge in [-0.2, -0.15) is 0 Å². The zero-order valence-electron chi connectivity index (χ0n) is 26.6. The molecule has 0 saturated heterocycles. The summed E-state index contributed by atoms with van der Waals surface area (Å²) in [5, 5.41) is 15.6. The fraction of sp³-hybridized carbons (Fsp3) is 0.0417. The lowest BCUT2D eigenvalue weighted by Gasteiger charge is -2.19. The topological polar surface area (TPSA) is 0 Å². The van der Waals surface area contributed by atoms with Gasteiger partial charge in [0.15, 0.2) is 0 Å². The lowest BCUT2D eigenvalue weighted by Crippen LogP contribution is -2.29. The lowest BCUT2D eigenvalue weighted by molar-refractivity contribution is 1.12. The van der Waals surface area contributed by atoms with Gasteiger partial charge in [-0.05, 0) is 123 Å². The Morgan fingerprint density at radius 2 is 0.792 bits per heavy atom. The molecule has 48 heavy (non-hydrogen) atoms. The Labute approximate surface area is 279 Å². The minimum atomic E-state index is 1.07. The van der Waals surface area contributed by atoms with E-state index in [1.165, 1.54) is 97.7 Å². The van der Waals surface area contributed by atoms with Crippen LogP contribution in [-0.4, -0.2) is 0 Å². The van der Waals surface area contributed by atoms with Crippen LogP contribution < -0.4 is 10.4 Å². The predicted molar refractivity (Wildman–Crippen MR) is 208 cm³/mol. The first-order valence-corrected chi connectivity index (χ1v) is 17.0. The average Bonchev–Trinajstić information content (AvgIpc) is 3.16. The second-order valence-corrected chi connectivity index (χ2v) is 13.1. The van der Waals surface area contributed by atoms with E-state index >= 15 is 0 Å².